The van der Waals surface area contributed by atoms with Gasteiger partial charge in [-0.05, 0) is 52.7 Å². The largest absolute Gasteiger partial charge is 0.490 e. The number of carbonyl (C=O) groups excluding carboxylic acids is 2. The molecule has 1 fully saturated rings. The van der Waals surface area contributed by atoms with E-state index in [1.54, 1.807) is 24.0 Å². The molecule has 1 amide bonds. The lowest BCUT2D eigenvalue weighted by Crippen LogP contribution is -2.39. The van der Waals surface area contributed by atoms with Crippen LogP contribution in [-0.2, 0) is 4.79 Å². The number of rotatable bonds is 8. The van der Waals surface area contributed by atoms with E-state index in [1.165, 1.54) is 0 Å². The maximum atomic E-state index is 12.9. The highest BCUT2D eigenvalue weighted by Gasteiger charge is 2.27. The first kappa shape index (κ1) is 20.1. The Balaban J connectivity index is 2.27. The summed E-state index contributed by atoms with van der Waals surface area (Å²) in [4.78, 5) is 26.3. The summed E-state index contributed by atoms with van der Waals surface area (Å²) < 4.78 is 17.0. The third kappa shape index (κ3) is 4.68. The Hall–Kier alpha value is -2.24. The molecule has 0 unspecified atom stereocenters. The molecule has 1 aromatic rings. The number of piperidine rings is 1. The zero-order chi connectivity index (χ0) is 19.1. The lowest BCUT2D eigenvalue weighted by Gasteiger charge is -2.31. The zero-order valence-electron chi connectivity index (χ0n) is 16.2. The fourth-order valence-electron chi connectivity index (χ4n) is 3.18. The molecule has 6 nitrogen and oxygen atoms in total. The van der Waals surface area contributed by atoms with Crippen molar-refractivity contribution in [2.75, 3.05) is 32.9 Å². The number of carbonyl (C=O) groups is 2. The lowest BCUT2D eigenvalue weighted by molar-refractivity contribution is -0.121. The van der Waals surface area contributed by atoms with Gasteiger partial charge in [-0.1, -0.05) is 0 Å². The van der Waals surface area contributed by atoms with Gasteiger partial charge in [0.1, 0.15) is 5.78 Å². The minimum Gasteiger partial charge on any atom is -0.490 e. The summed E-state index contributed by atoms with van der Waals surface area (Å²) in [7, 11) is 0. The number of benzene rings is 1. The van der Waals surface area contributed by atoms with E-state index in [0.29, 0.717) is 55.7 Å². The van der Waals surface area contributed by atoms with E-state index in [9.17, 15) is 9.59 Å². The van der Waals surface area contributed by atoms with Gasteiger partial charge in [-0.2, -0.15) is 0 Å². The summed E-state index contributed by atoms with van der Waals surface area (Å²) in [6.07, 6.45) is 1.43. The Morgan fingerprint density at radius 1 is 0.962 bits per heavy atom. The molecule has 0 saturated carbocycles. The van der Waals surface area contributed by atoms with Gasteiger partial charge in [0.05, 0.1) is 19.8 Å². The van der Waals surface area contributed by atoms with Gasteiger partial charge in [0.25, 0.3) is 5.91 Å². The number of hydrogen-bond donors (Lipinski definition) is 0. The molecular formula is C20H29NO5. The predicted octanol–water partition coefficient (Wildman–Crippen LogP) is 3.32. The number of ketones is 1. The highest BCUT2D eigenvalue weighted by atomic mass is 16.5. The van der Waals surface area contributed by atoms with Crippen LogP contribution in [0.5, 0.6) is 17.2 Å². The molecule has 1 saturated heterocycles. The molecule has 26 heavy (non-hydrogen) atoms. The molecule has 1 aliphatic heterocycles. The van der Waals surface area contributed by atoms with Gasteiger partial charge in [-0.3, -0.25) is 9.59 Å². The van der Waals surface area contributed by atoms with Crippen molar-refractivity contribution in [1.82, 2.24) is 4.90 Å². The van der Waals surface area contributed by atoms with Crippen molar-refractivity contribution in [3.05, 3.63) is 17.7 Å². The van der Waals surface area contributed by atoms with Gasteiger partial charge in [-0.25, -0.2) is 0 Å². The number of nitrogens with zero attached hydrogens (tertiary/aromatic N) is 1. The monoisotopic (exact) mass is 363 g/mol. The first-order chi connectivity index (χ1) is 12.5. The molecule has 0 aromatic heterocycles. The van der Waals surface area contributed by atoms with Crippen molar-refractivity contribution in [2.45, 2.75) is 40.5 Å². The van der Waals surface area contributed by atoms with Crippen molar-refractivity contribution >= 4 is 11.7 Å². The number of ether oxygens (including phenoxy) is 3. The van der Waals surface area contributed by atoms with Crippen molar-refractivity contribution in [1.29, 1.82) is 0 Å². The smallest absolute Gasteiger partial charge is 0.254 e. The molecule has 144 valence electrons. The van der Waals surface area contributed by atoms with E-state index in [4.69, 9.17) is 14.2 Å². The fraction of sp³-hybridized carbons (Fsp3) is 0.600. The summed E-state index contributed by atoms with van der Waals surface area (Å²) in [5.74, 6) is 1.76. The van der Waals surface area contributed by atoms with E-state index < -0.39 is 0 Å². The lowest BCUT2D eigenvalue weighted by atomic mass is 9.93. The van der Waals surface area contributed by atoms with E-state index >= 15 is 0 Å². The van der Waals surface area contributed by atoms with Crippen LogP contribution in [0.15, 0.2) is 12.1 Å². The standard InChI is InChI=1S/C20H29NO5/c1-5-24-17-12-16(13-18(25-6-2)19(17)26-7-3)20(23)21-10-8-15(9-11-21)14(4)22/h12-13,15H,5-11H2,1-4H3. The second-order valence-corrected chi connectivity index (χ2v) is 6.28. The summed E-state index contributed by atoms with van der Waals surface area (Å²) >= 11 is 0. The second kappa shape index (κ2) is 9.46. The van der Waals surface area contributed by atoms with Crippen LogP contribution in [0, 0.1) is 5.92 Å². The Bertz CT molecular complexity index is 608. The van der Waals surface area contributed by atoms with Crippen LogP contribution < -0.4 is 14.2 Å². The molecule has 0 N–H and O–H groups in total. The molecule has 0 radical (unpaired) electrons. The fourth-order valence-corrected chi connectivity index (χ4v) is 3.18. The first-order valence-electron chi connectivity index (χ1n) is 9.37. The van der Waals surface area contributed by atoms with Crippen LogP contribution in [0.4, 0.5) is 0 Å². The average molecular weight is 363 g/mol. The molecule has 0 spiro atoms. The highest BCUT2D eigenvalue weighted by Crippen LogP contribution is 2.39. The average Bonchev–Trinajstić information content (AvgIpc) is 2.64. The molecule has 0 bridgehead atoms. The van der Waals surface area contributed by atoms with Crippen LogP contribution in [-0.4, -0.2) is 49.5 Å². The molecule has 6 heteroatoms. The molecular weight excluding hydrogens is 334 g/mol. The third-order valence-electron chi connectivity index (χ3n) is 4.51. The van der Waals surface area contributed by atoms with Gasteiger partial charge in [0.15, 0.2) is 11.5 Å². The van der Waals surface area contributed by atoms with Crippen LogP contribution >= 0.6 is 0 Å². The third-order valence-corrected chi connectivity index (χ3v) is 4.51. The van der Waals surface area contributed by atoms with E-state index in [2.05, 4.69) is 0 Å². The van der Waals surface area contributed by atoms with Crippen LogP contribution in [0.1, 0.15) is 50.9 Å². The van der Waals surface area contributed by atoms with Crippen LogP contribution in [0.25, 0.3) is 0 Å². The predicted molar refractivity (Wildman–Crippen MR) is 99.3 cm³/mol. The highest BCUT2D eigenvalue weighted by molar-refractivity contribution is 5.96. The van der Waals surface area contributed by atoms with Crippen LogP contribution in [0.2, 0.25) is 0 Å². The zero-order valence-corrected chi connectivity index (χ0v) is 16.2. The Labute approximate surface area is 155 Å². The Kier molecular flexibility index (Phi) is 7.30. The van der Waals surface area contributed by atoms with Gasteiger partial charge in [0, 0.05) is 24.6 Å². The van der Waals surface area contributed by atoms with Crippen molar-refractivity contribution in [3.63, 3.8) is 0 Å². The van der Waals surface area contributed by atoms with Crippen molar-refractivity contribution in [3.8, 4) is 17.2 Å². The Morgan fingerprint density at radius 2 is 1.46 bits per heavy atom. The number of Topliss-reactive ketones (excluding diaryl/α,β-unsaturated/α-hetero) is 1. The Morgan fingerprint density at radius 3 is 1.88 bits per heavy atom. The van der Waals surface area contributed by atoms with Gasteiger partial charge in [-0.15, -0.1) is 0 Å². The number of amides is 1. The van der Waals surface area contributed by atoms with Gasteiger partial charge < -0.3 is 19.1 Å². The van der Waals surface area contributed by atoms with E-state index in [-0.39, 0.29) is 17.6 Å². The molecule has 2 rings (SSSR count). The normalized spacial score (nSPS) is 14.8. The summed E-state index contributed by atoms with van der Waals surface area (Å²) in [6.45, 7) is 9.87. The molecule has 1 aliphatic rings. The minimum absolute atomic E-state index is 0.0670. The SMILES string of the molecule is CCOc1cc(C(=O)N2CCC(C(C)=O)CC2)cc(OCC)c1OCC. The van der Waals surface area contributed by atoms with Crippen LogP contribution in [0.3, 0.4) is 0 Å². The maximum absolute atomic E-state index is 12.9. The van der Waals surface area contributed by atoms with Crippen molar-refractivity contribution < 1.29 is 23.8 Å². The van der Waals surface area contributed by atoms with E-state index in [0.717, 1.165) is 12.8 Å². The molecule has 1 heterocycles. The summed E-state index contributed by atoms with van der Waals surface area (Å²) in [5.41, 5.74) is 0.515. The topological polar surface area (TPSA) is 65.1 Å². The summed E-state index contributed by atoms with van der Waals surface area (Å²) in [5, 5.41) is 0. The quantitative estimate of drug-likeness (QED) is 0.709. The van der Waals surface area contributed by atoms with E-state index in [1.807, 2.05) is 20.8 Å². The van der Waals surface area contributed by atoms with Gasteiger partial charge in [0.2, 0.25) is 5.75 Å². The number of hydrogen-bond acceptors (Lipinski definition) is 5. The second-order valence-electron chi connectivity index (χ2n) is 6.28. The van der Waals surface area contributed by atoms with Gasteiger partial charge >= 0.3 is 0 Å². The first-order valence-corrected chi connectivity index (χ1v) is 9.37. The van der Waals surface area contributed by atoms with Crippen molar-refractivity contribution in [2.24, 2.45) is 5.92 Å². The molecule has 1 aromatic carbocycles. The summed E-state index contributed by atoms with van der Waals surface area (Å²) in [6, 6.07) is 3.44. The maximum Gasteiger partial charge on any atom is 0.254 e. The minimum atomic E-state index is -0.0723. The number of likely N-dealkylation sites (tertiary alicyclic amines) is 1. The molecule has 0 aliphatic carbocycles. The molecule has 0 atom stereocenters.